The topological polar surface area (TPSA) is 67.2 Å². The first-order valence-corrected chi connectivity index (χ1v) is 5.71. The predicted octanol–water partition coefficient (Wildman–Crippen LogP) is 2.68. The third kappa shape index (κ3) is 2.93. The summed E-state index contributed by atoms with van der Waals surface area (Å²) in [6.07, 6.45) is 0. The largest absolute Gasteiger partial charge is 0.399 e. The molecule has 0 atom stereocenters. The van der Waals surface area contributed by atoms with Crippen molar-refractivity contribution in [3.63, 3.8) is 0 Å². The van der Waals surface area contributed by atoms with Gasteiger partial charge in [0.25, 0.3) is 5.91 Å². The van der Waals surface area contributed by atoms with Gasteiger partial charge in [-0.1, -0.05) is 23.7 Å². The Morgan fingerprint density at radius 2 is 1.72 bits per heavy atom. The average Bonchev–Trinajstić information content (AvgIpc) is 2.38. The lowest BCUT2D eigenvalue weighted by Crippen LogP contribution is -2.29. The molecule has 2 aromatic carbocycles. The molecule has 0 bridgehead atoms. The highest BCUT2D eigenvalue weighted by molar-refractivity contribution is 6.33. The molecule has 0 aliphatic rings. The molecule has 4 nitrogen and oxygen atoms in total. The minimum Gasteiger partial charge on any atom is -0.399 e. The summed E-state index contributed by atoms with van der Waals surface area (Å²) in [5.41, 5.74) is 12.7. The molecule has 0 spiro atoms. The second-order valence-electron chi connectivity index (χ2n) is 3.68. The molecule has 0 fully saturated rings. The summed E-state index contributed by atoms with van der Waals surface area (Å²) in [5.74, 6) is -0.294. The Balaban J connectivity index is 2.01. The summed E-state index contributed by atoms with van der Waals surface area (Å²) in [7, 11) is 0. The van der Waals surface area contributed by atoms with Crippen molar-refractivity contribution >= 4 is 28.9 Å². The van der Waals surface area contributed by atoms with Crippen molar-refractivity contribution in [2.24, 2.45) is 0 Å². The van der Waals surface area contributed by atoms with Crippen LogP contribution in [0.5, 0.6) is 0 Å². The van der Waals surface area contributed by atoms with Crippen LogP contribution in [0, 0.1) is 0 Å². The van der Waals surface area contributed by atoms with Gasteiger partial charge in [0.05, 0.1) is 16.3 Å². The Labute approximate surface area is 110 Å². The molecule has 4 N–H and O–H groups in total. The summed E-state index contributed by atoms with van der Waals surface area (Å²) in [6.45, 7) is 0. The third-order valence-corrected chi connectivity index (χ3v) is 2.68. The minimum absolute atomic E-state index is 0.294. The van der Waals surface area contributed by atoms with Crippen LogP contribution >= 0.6 is 11.6 Å². The van der Waals surface area contributed by atoms with Crippen LogP contribution < -0.4 is 16.6 Å². The highest BCUT2D eigenvalue weighted by atomic mass is 35.5. The van der Waals surface area contributed by atoms with Crippen LogP contribution in [0.1, 0.15) is 10.4 Å². The number of halogens is 1. The summed E-state index contributed by atoms with van der Waals surface area (Å²) >= 11 is 5.92. The van der Waals surface area contributed by atoms with Gasteiger partial charge in [-0.3, -0.25) is 15.6 Å². The molecule has 0 aromatic heterocycles. The summed E-state index contributed by atoms with van der Waals surface area (Å²) in [5, 5.41) is 0.411. The van der Waals surface area contributed by atoms with Crippen LogP contribution in [0.25, 0.3) is 0 Å². The van der Waals surface area contributed by atoms with E-state index >= 15 is 0 Å². The zero-order valence-corrected chi connectivity index (χ0v) is 10.2. The number of hydrazine groups is 1. The summed E-state index contributed by atoms with van der Waals surface area (Å²) in [6, 6.07) is 13.9. The van der Waals surface area contributed by atoms with Gasteiger partial charge in [-0.15, -0.1) is 0 Å². The molecule has 0 heterocycles. The fourth-order valence-corrected chi connectivity index (χ4v) is 1.63. The van der Waals surface area contributed by atoms with Crippen molar-refractivity contribution in [2.75, 3.05) is 11.2 Å². The lowest BCUT2D eigenvalue weighted by atomic mass is 10.2. The molecule has 0 saturated heterocycles. The van der Waals surface area contributed by atoms with Crippen LogP contribution in [0.2, 0.25) is 5.02 Å². The van der Waals surface area contributed by atoms with E-state index in [1.165, 1.54) is 0 Å². The Morgan fingerprint density at radius 1 is 1.06 bits per heavy atom. The monoisotopic (exact) mass is 261 g/mol. The van der Waals surface area contributed by atoms with Gasteiger partial charge in [0, 0.05) is 5.69 Å². The van der Waals surface area contributed by atoms with Crippen molar-refractivity contribution in [3.05, 3.63) is 59.1 Å². The Morgan fingerprint density at radius 3 is 2.39 bits per heavy atom. The highest BCUT2D eigenvalue weighted by Crippen LogP contribution is 2.15. The van der Waals surface area contributed by atoms with Gasteiger partial charge < -0.3 is 5.73 Å². The van der Waals surface area contributed by atoms with Crippen LogP contribution in [0.15, 0.2) is 48.5 Å². The maximum absolute atomic E-state index is 11.8. The first-order chi connectivity index (χ1) is 8.66. The lowest BCUT2D eigenvalue weighted by Gasteiger charge is -2.09. The third-order valence-electron chi connectivity index (χ3n) is 2.35. The number of hydrogen-bond donors (Lipinski definition) is 3. The minimum atomic E-state index is -0.294. The zero-order chi connectivity index (χ0) is 13.0. The van der Waals surface area contributed by atoms with E-state index in [0.29, 0.717) is 16.3 Å². The van der Waals surface area contributed by atoms with E-state index in [4.69, 9.17) is 17.3 Å². The number of nitrogens with one attached hydrogen (secondary N) is 2. The molecular weight excluding hydrogens is 250 g/mol. The van der Waals surface area contributed by atoms with E-state index < -0.39 is 0 Å². The molecule has 5 heteroatoms. The summed E-state index contributed by atoms with van der Waals surface area (Å²) < 4.78 is 0. The van der Waals surface area contributed by atoms with Gasteiger partial charge in [-0.05, 0) is 36.4 Å². The van der Waals surface area contributed by atoms with Crippen molar-refractivity contribution in [1.29, 1.82) is 0 Å². The molecule has 0 saturated carbocycles. The first kappa shape index (κ1) is 12.3. The molecule has 0 unspecified atom stereocenters. The standard InChI is InChI=1S/C13H12ClN3O/c14-12-4-2-1-3-11(12)13(18)17-16-10-7-5-9(15)6-8-10/h1-8,16H,15H2,(H,17,18). The van der Waals surface area contributed by atoms with E-state index in [2.05, 4.69) is 10.9 Å². The number of rotatable bonds is 3. The quantitative estimate of drug-likeness (QED) is 0.588. The Bertz CT molecular complexity index is 554. The summed E-state index contributed by atoms with van der Waals surface area (Å²) in [4.78, 5) is 11.8. The molecule has 0 radical (unpaired) electrons. The van der Waals surface area contributed by atoms with Gasteiger partial charge in [0.1, 0.15) is 0 Å². The van der Waals surface area contributed by atoms with Crippen LogP contribution in [0.4, 0.5) is 11.4 Å². The molecule has 2 rings (SSSR count). The zero-order valence-electron chi connectivity index (χ0n) is 9.48. The average molecular weight is 262 g/mol. The molecule has 1 amide bonds. The van der Waals surface area contributed by atoms with Gasteiger partial charge >= 0.3 is 0 Å². The molecule has 2 aromatic rings. The number of hydrogen-bond acceptors (Lipinski definition) is 3. The van der Waals surface area contributed by atoms with Gasteiger partial charge in [0.2, 0.25) is 0 Å². The molecule has 0 aliphatic carbocycles. The van der Waals surface area contributed by atoms with Crippen molar-refractivity contribution in [2.45, 2.75) is 0 Å². The normalized spacial score (nSPS) is 9.83. The fraction of sp³-hybridized carbons (Fsp3) is 0. The Kier molecular flexibility index (Phi) is 3.69. The van der Waals surface area contributed by atoms with Crippen molar-refractivity contribution < 1.29 is 4.79 Å². The molecule has 18 heavy (non-hydrogen) atoms. The lowest BCUT2D eigenvalue weighted by molar-refractivity contribution is 0.0963. The van der Waals surface area contributed by atoms with Gasteiger partial charge in [-0.25, -0.2) is 0 Å². The maximum Gasteiger partial charge on any atom is 0.271 e. The van der Waals surface area contributed by atoms with E-state index in [0.717, 1.165) is 5.69 Å². The van der Waals surface area contributed by atoms with Crippen molar-refractivity contribution in [1.82, 2.24) is 5.43 Å². The number of benzene rings is 2. The van der Waals surface area contributed by atoms with Gasteiger partial charge in [-0.2, -0.15) is 0 Å². The van der Waals surface area contributed by atoms with Crippen LogP contribution in [-0.2, 0) is 0 Å². The first-order valence-electron chi connectivity index (χ1n) is 5.33. The fourth-order valence-electron chi connectivity index (χ4n) is 1.41. The second kappa shape index (κ2) is 5.42. The number of anilines is 2. The number of carbonyl (C=O) groups is 1. The molecule has 92 valence electrons. The second-order valence-corrected chi connectivity index (χ2v) is 4.09. The number of nitrogen functional groups attached to an aromatic ring is 1. The molecule has 0 aliphatic heterocycles. The number of amides is 1. The van der Waals surface area contributed by atoms with Crippen molar-refractivity contribution in [3.8, 4) is 0 Å². The SMILES string of the molecule is Nc1ccc(NNC(=O)c2ccccc2Cl)cc1. The number of carbonyl (C=O) groups excluding carboxylic acids is 1. The van der Waals surface area contributed by atoms with Gasteiger partial charge in [0.15, 0.2) is 0 Å². The van der Waals surface area contributed by atoms with Crippen LogP contribution in [-0.4, -0.2) is 5.91 Å². The predicted molar refractivity (Wildman–Crippen MR) is 73.4 cm³/mol. The van der Waals surface area contributed by atoms with E-state index in [9.17, 15) is 4.79 Å². The molecular formula is C13H12ClN3O. The van der Waals surface area contributed by atoms with E-state index in [-0.39, 0.29) is 5.91 Å². The Hall–Kier alpha value is -2.20. The van der Waals surface area contributed by atoms with E-state index in [1.54, 1.807) is 48.5 Å². The smallest absolute Gasteiger partial charge is 0.271 e. The van der Waals surface area contributed by atoms with Crippen LogP contribution in [0.3, 0.4) is 0 Å². The van der Waals surface area contributed by atoms with E-state index in [1.807, 2.05) is 0 Å². The number of nitrogens with two attached hydrogens (primary N) is 1. The maximum atomic E-state index is 11.8. The highest BCUT2D eigenvalue weighted by Gasteiger charge is 2.08.